The first-order valence-corrected chi connectivity index (χ1v) is 5.95. The van der Waals surface area contributed by atoms with Gasteiger partial charge in [0.05, 0.1) is 5.69 Å². The number of ketones is 1. The molecule has 98 valence electrons. The van der Waals surface area contributed by atoms with Gasteiger partial charge in [-0.05, 0) is 19.1 Å². The van der Waals surface area contributed by atoms with Crippen LogP contribution in [0.3, 0.4) is 0 Å². The summed E-state index contributed by atoms with van der Waals surface area (Å²) in [5.41, 5.74) is 2.70. The van der Waals surface area contributed by atoms with Gasteiger partial charge >= 0.3 is 29.6 Å². The average molecular weight is 279 g/mol. The summed E-state index contributed by atoms with van der Waals surface area (Å²) in [6.07, 6.45) is -0.197. The summed E-state index contributed by atoms with van der Waals surface area (Å²) < 4.78 is 1.60. The van der Waals surface area contributed by atoms with E-state index in [4.69, 9.17) is 0 Å². The van der Waals surface area contributed by atoms with Crippen LogP contribution in [0.5, 0.6) is 0 Å². The van der Waals surface area contributed by atoms with Crippen LogP contribution < -0.4 is 34.7 Å². The predicted molar refractivity (Wildman–Crippen MR) is 68.7 cm³/mol. The number of carboxylic acid groups (broad SMARTS) is 1. The molecule has 4 nitrogen and oxygen atoms in total. The van der Waals surface area contributed by atoms with Crippen LogP contribution >= 0.6 is 0 Å². The molecule has 1 aromatic heterocycles. The molecule has 1 aromatic carbocycles. The number of carbonyl (C=O) groups excluding carboxylic acids is 2. The predicted octanol–water partition coefficient (Wildman–Crippen LogP) is -2.14. The van der Waals surface area contributed by atoms with E-state index in [1.165, 1.54) is 0 Å². The van der Waals surface area contributed by atoms with Gasteiger partial charge in [0.2, 0.25) is 5.78 Å². The van der Waals surface area contributed by atoms with E-state index in [1.807, 2.05) is 19.1 Å². The Balaban J connectivity index is 0.00000200. The van der Waals surface area contributed by atoms with Crippen molar-refractivity contribution in [3.63, 3.8) is 0 Å². The number of carbonyl (C=O) groups is 2. The monoisotopic (exact) mass is 279 g/mol. The number of benzene rings is 1. The van der Waals surface area contributed by atoms with Crippen molar-refractivity contribution in [3.05, 3.63) is 58.9 Å². The van der Waals surface area contributed by atoms with Crippen molar-refractivity contribution in [2.24, 2.45) is 7.05 Å². The summed E-state index contributed by atoms with van der Waals surface area (Å²) in [4.78, 5) is 22.9. The molecule has 1 heterocycles. The van der Waals surface area contributed by atoms with Crippen LogP contribution in [-0.2, 0) is 18.3 Å². The largest absolute Gasteiger partial charge is 1.00 e. The van der Waals surface area contributed by atoms with Gasteiger partial charge in [0, 0.05) is 30.7 Å². The molecule has 0 fully saturated rings. The van der Waals surface area contributed by atoms with Gasteiger partial charge in [-0.2, -0.15) is 0 Å². The Morgan fingerprint density at radius 1 is 1.10 bits per heavy atom. The van der Waals surface area contributed by atoms with Gasteiger partial charge in [0.1, 0.15) is 0 Å². The molecule has 0 aliphatic heterocycles. The molecule has 0 saturated carbocycles. The first-order chi connectivity index (χ1) is 8.99. The topological polar surface area (TPSA) is 62.1 Å². The number of nitrogens with zero attached hydrogens (tertiary/aromatic N) is 1. The third-order valence-corrected chi connectivity index (χ3v) is 3.10. The summed E-state index contributed by atoms with van der Waals surface area (Å²) in [6, 6.07) is 10.6. The molecule has 5 heteroatoms. The average Bonchev–Trinajstić information content (AvgIpc) is 2.70. The first kappa shape index (κ1) is 16.7. The Hall–Kier alpha value is -1.36. The standard InChI is InChI=1S/C15H15NO3.Na/c1-10-3-5-11(6-4-10)15(19)13-8-7-12(16(13)2)9-14(17)18;/h3-8H,9H2,1-2H3,(H,17,18);/q;+1/p-1. The number of rotatable bonds is 4. The van der Waals surface area contributed by atoms with Gasteiger partial charge in [-0.15, -0.1) is 0 Å². The summed E-state index contributed by atoms with van der Waals surface area (Å²) in [6.45, 7) is 1.95. The zero-order valence-corrected chi connectivity index (χ0v) is 13.8. The second-order valence-electron chi connectivity index (χ2n) is 4.51. The maximum Gasteiger partial charge on any atom is 1.00 e. The normalized spacial score (nSPS) is 9.90. The van der Waals surface area contributed by atoms with Crippen LogP contribution in [0.25, 0.3) is 0 Å². The van der Waals surface area contributed by atoms with Gasteiger partial charge in [-0.25, -0.2) is 0 Å². The van der Waals surface area contributed by atoms with Crippen molar-refractivity contribution < 1.29 is 44.3 Å². The number of hydrogen-bond donors (Lipinski definition) is 0. The molecule has 0 unspecified atom stereocenters. The van der Waals surface area contributed by atoms with Crippen LogP contribution in [0.1, 0.15) is 27.3 Å². The zero-order chi connectivity index (χ0) is 14.0. The molecule has 0 radical (unpaired) electrons. The zero-order valence-electron chi connectivity index (χ0n) is 11.8. The maximum absolute atomic E-state index is 12.3. The summed E-state index contributed by atoms with van der Waals surface area (Å²) in [5, 5.41) is 10.6. The maximum atomic E-state index is 12.3. The third-order valence-electron chi connectivity index (χ3n) is 3.10. The van der Waals surface area contributed by atoms with Gasteiger partial charge < -0.3 is 14.5 Å². The molecule has 0 aliphatic carbocycles. The van der Waals surface area contributed by atoms with Crippen molar-refractivity contribution in [1.29, 1.82) is 0 Å². The minimum absolute atomic E-state index is 0. The fourth-order valence-corrected chi connectivity index (χ4v) is 1.96. The molecule has 0 spiro atoms. The number of carboxylic acids is 1. The molecular formula is C15H14NNaO3. The van der Waals surface area contributed by atoms with E-state index in [2.05, 4.69) is 0 Å². The smallest absolute Gasteiger partial charge is 0.550 e. The van der Waals surface area contributed by atoms with E-state index in [1.54, 1.807) is 35.9 Å². The van der Waals surface area contributed by atoms with Crippen molar-refractivity contribution in [2.45, 2.75) is 13.3 Å². The molecule has 0 amide bonds. The van der Waals surface area contributed by atoms with E-state index in [0.717, 1.165) is 5.56 Å². The molecule has 0 saturated heterocycles. The van der Waals surface area contributed by atoms with Gasteiger partial charge in [0.25, 0.3) is 0 Å². The minimum atomic E-state index is -1.16. The Morgan fingerprint density at radius 2 is 1.70 bits per heavy atom. The molecule has 2 aromatic rings. The van der Waals surface area contributed by atoms with Gasteiger partial charge in [-0.1, -0.05) is 29.8 Å². The molecule has 2 rings (SSSR count). The van der Waals surface area contributed by atoms with Crippen LogP contribution in [0, 0.1) is 6.92 Å². The number of hydrogen-bond acceptors (Lipinski definition) is 3. The molecule has 0 bridgehead atoms. The molecule has 0 N–H and O–H groups in total. The SMILES string of the molecule is Cc1ccc(C(=O)c2ccc(CC(=O)[O-])n2C)cc1.[Na+]. The Labute approximate surface area is 139 Å². The molecular weight excluding hydrogens is 265 g/mol. The van der Waals surface area contributed by atoms with Crippen LogP contribution in [-0.4, -0.2) is 16.3 Å². The second kappa shape index (κ2) is 6.88. The number of aliphatic carboxylic acids is 1. The van der Waals surface area contributed by atoms with Crippen LogP contribution in [0.2, 0.25) is 0 Å². The van der Waals surface area contributed by atoms with Crippen molar-refractivity contribution in [2.75, 3.05) is 0 Å². The Morgan fingerprint density at radius 3 is 2.25 bits per heavy atom. The molecule has 0 aliphatic rings. The third kappa shape index (κ3) is 3.60. The van der Waals surface area contributed by atoms with Crippen molar-refractivity contribution in [1.82, 2.24) is 4.57 Å². The quantitative estimate of drug-likeness (QED) is 0.474. The first-order valence-electron chi connectivity index (χ1n) is 5.95. The summed E-state index contributed by atoms with van der Waals surface area (Å²) in [5.74, 6) is -1.28. The Bertz CT molecular complexity index is 629. The van der Waals surface area contributed by atoms with Gasteiger partial charge in [0.15, 0.2) is 0 Å². The number of aromatic nitrogens is 1. The fraction of sp³-hybridized carbons (Fsp3) is 0.200. The van der Waals surface area contributed by atoms with Crippen LogP contribution in [0.15, 0.2) is 36.4 Å². The fourth-order valence-electron chi connectivity index (χ4n) is 1.96. The van der Waals surface area contributed by atoms with E-state index in [-0.39, 0.29) is 41.8 Å². The minimum Gasteiger partial charge on any atom is -0.550 e. The molecule has 20 heavy (non-hydrogen) atoms. The van der Waals surface area contributed by atoms with E-state index in [9.17, 15) is 14.7 Å². The molecule has 0 atom stereocenters. The van der Waals surface area contributed by atoms with Gasteiger partial charge in [-0.3, -0.25) is 4.79 Å². The van der Waals surface area contributed by atoms with E-state index < -0.39 is 5.97 Å². The Kier molecular flexibility index (Phi) is 5.74. The van der Waals surface area contributed by atoms with E-state index >= 15 is 0 Å². The summed E-state index contributed by atoms with van der Waals surface area (Å²) >= 11 is 0. The van der Waals surface area contributed by atoms with Crippen molar-refractivity contribution in [3.8, 4) is 0 Å². The second-order valence-corrected chi connectivity index (χ2v) is 4.51. The van der Waals surface area contributed by atoms with Crippen molar-refractivity contribution >= 4 is 11.8 Å². The van der Waals surface area contributed by atoms with Crippen LogP contribution in [0.4, 0.5) is 0 Å². The number of aryl methyl sites for hydroxylation is 1. The van der Waals surface area contributed by atoms with E-state index in [0.29, 0.717) is 17.0 Å². The summed E-state index contributed by atoms with van der Waals surface area (Å²) in [7, 11) is 1.68.